The second kappa shape index (κ2) is 59.9. The molecule has 374 valence electrons. The molecule has 0 heterocycles. The lowest BCUT2D eigenvalue weighted by Crippen LogP contribution is -2.30. The third-order valence-corrected chi connectivity index (χ3v) is 11.4. The monoisotopic (exact) mass is 891 g/mol. The Labute approximate surface area is 394 Å². The van der Waals surface area contributed by atoms with Crippen molar-refractivity contribution in [1.82, 2.24) is 0 Å². The van der Waals surface area contributed by atoms with Gasteiger partial charge in [0.2, 0.25) is 0 Å². The molecule has 0 amide bonds. The van der Waals surface area contributed by atoms with Crippen molar-refractivity contribution in [3.8, 4) is 0 Å². The minimum Gasteiger partial charge on any atom is -0.462 e. The molecule has 0 aromatic rings. The Kier molecular flexibility index (Phi) is 62.0. The molecule has 0 fully saturated rings. The molecule has 0 aromatic carbocycles. The van der Waals surface area contributed by atoms with E-state index in [-0.39, 0.29) is 31.1 Å². The molecule has 0 aliphatic carbocycles. The number of esters is 3. The van der Waals surface area contributed by atoms with E-state index in [1.165, 1.54) is 148 Å². The van der Waals surface area contributed by atoms with Crippen LogP contribution in [0.5, 0.6) is 0 Å². The van der Waals surface area contributed by atoms with E-state index in [2.05, 4.69) is 72.8 Å². The zero-order valence-electron chi connectivity index (χ0n) is 43.5. The zero-order chi connectivity index (χ0) is 47.0. The summed E-state index contributed by atoms with van der Waals surface area (Å²) in [7, 11) is 0. The van der Waals surface area contributed by atoms with Crippen molar-refractivity contribution in [3.63, 3.8) is 0 Å². The number of ether oxygens (including phenoxy) is 3. The van der Waals surface area contributed by atoms with Gasteiger partial charge in [-0.15, -0.1) is 0 Å². The van der Waals surface area contributed by atoms with Crippen LogP contribution in [0.2, 0.25) is 0 Å². The van der Waals surface area contributed by atoms with Gasteiger partial charge in [-0.3, -0.25) is 14.4 Å². The maximum atomic E-state index is 12.6. The fourth-order valence-electron chi connectivity index (χ4n) is 7.21. The highest BCUT2D eigenvalue weighted by Gasteiger charge is 2.19. The third-order valence-electron chi connectivity index (χ3n) is 11.4. The van der Waals surface area contributed by atoms with Crippen molar-refractivity contribution in [2.24, 2.45) is 0 Å². The van der Waals surface area contributed by atoms with Crippen molar-refractivity contribution in [2.75, 3.05) is 13.2 Å². The molecule has 6 nitrogen and oxygen atoms in total. The summed E-state index contributed by atoms with van der Waals surface area (Å²) in [6, 6.07) is 0. The smallest absolute Gasteiger partial charge is 0.306 e. The van der Waals surface area contributed by atoms with E-state index < -0.39 is 6.10 Å². The quantitative estimate of drug-likeness (QED) is 0.0262. The highest BCUT2D eigenvalue weighted by molar-refractivity contribution is 5.71. The van der Waals surface area contributed by atoms with Gasteiger partial charge in [0, 0.05) is 19.3 Å². The highest BCUT2D eigenvalue weighted by Crippen LogP contribution is 2.15. The van der Waals surface area contributed by atoms with E-state index in [0.29, 0.717) is 19.3 Å². The van der Waals surface area contributed by atoms with Crippen molar-refractivity contribution in [1.29, 1.82) is 0 Å². The van der Waals surface area contributed by atoms with Gasteiger partial charge < -0.3 is 14.2 Å². The van der Waals surface area contributed by atoms with Gasteiger partial charge in [0.1, 0.15) is 13.2 Å². The molecular weight excluding hydrogens is 781 g/mol. The van der Waals surface area contributed by atoms with Crippen LogP contribution in [0.1, 0.15) is 305 Å². The molecule has 0 N–H and O–H groups in total. The van der Waals surface area contributed by atoms with Gasteiger partial charge in [-0.05, 0) is 57.8 Å². The first-order valence-corrected chi connectivity index (χ1v) is 27.7. The normalized spacial score (nSPS) is 11.5. The lowest BCUT2D eigenvalue weighted by Gasteiger charge is -2.18. The van der Waals surface area contributed by atoms with E-state index in [1.807, 2.05) is 0 Å². The average Bonchev–Trinajstić information content (AvgIpc) is 3.28. The van der Waals surface area contributed by atoms with Crippen LogP contribution >= 0.6 is 0 Å². The van der Waals surface area contributed by atoms with Crippen molar-refractivity contribution >= 4 is 17.9 Å². The lowest BCUT2D eigenvalue weighted by atomic mass is 10.0. The summed E-state index contributed by atoms with van der Waals surface area (Å²) >= 11 is 0. The molecule has 0 radical (unpaired) electrons. The molecule has 0 rings (SSSR count). The van der Waals surface area contributed by atoms with Crippen molar-refractivity contribution in [2.45, 2.75) is 311 Å². The Bertz CT molecular complexity index is 940. The standard InChI is InChI=1S/C43H78O6.2C7H16/c1-4-7-10-13-16-19-20-21-22-25-27-30-33-36-42(45)48-39-40(49-43(46)37-34-31-28-24-18-15-12-9-6-3)38-47-41(44)35-32-29-26-23-17-14-11-8-5-2;2*1-3-5-7-6-4-2/h8-9,11-12,40H,4-7,10,13-39H2,1-3H3;2*3-7H2,1-2H3/b11-8-,12-9-;;. The van der Waals surface area contributed by atoms with Crippen LogP contribution in [-0.2, 0) is 28.6 Å². The lowest BCUT2D eigenvalue weighted by molar-refractivity contribution is -0.167. The molecule has 0 aliphatic heterocycles. The van der Waals surface area contributed by atoms with Gasteiger partial charge in [-0.1, -0.05) is 253 Å². The van der Waals surface area contributed by atoms with Crippen LogP contribution in [0, 0.1) is 0 Å². The number of allylic oxidation sites excluding steroid dienone is 4. The van der Waals surface area contributed by atoms with Crippen LogP contribution in [0.3, 0.4) is 0 Å². The molecule has 0 saturated heterocycles. The van der Waals surface area contributed by atoms with Gasteiger partial charge >= 0.3 is 17.9 Å². The Morgan fingerprint density at radius 3 is 0.873 bits per heavy atom. The minimum absolute atomic E-state index is 0.0753. The maximum Gasteiger partial charge on any atom is 0.306 e. The first-order valence-electron chi connectivity index (χ1n) is 27.7. The minimum atomic E-state index is -0.770. The number of hydrogen-bond acceptors (Lipinski definition) is 6. The van der Waals surface area contributed by atoms with Gasteiger partial charge in [-0.2, -0.15) is 0 Å². The van der Waals surface area contributed by atoms with Crippen LogP contribution < -0.4 is 0 Å². The van der Waals surface area contributed by atoms with E-state index in [4.69, 9.17) is 14.2 Å². The molecule has 0 saturated carbocycles. The third kappa shape index (κ3) is 62.0. The Morgan fingerprint density at radius 2 is 0.571 bits per heavy atom. The van der Waals surface area contributed by atoms with Crippen LogP contribution in [0.25, 0.3) is 0 Å². The fourth-order valence-corrected chi connectivity index (χ4v) is 7.21. The number of carbonyl (C=O) groups excluding carboxylic acids is 3. The summed E-state index contributed by atoms with van der Waals surface area (Å²) in [4.78, 5) is 37.4. The molecule has 1 unspecified atom stereocenters. The highest BCUT2D eigenvalue weighted by atomic mass is 16.6. The maximum absolute atomic E-state index is 12.6. The van der Waals surface area contributed by atoms with Gasteiger partial charge in [-0.25, -0.2) is 0 Å². The summed E-state index contributed by atoms with van der Waals surface area (Å²) in [6.45, 7) is 15.4. The van der Waals surface area contributed by atoms with Crippen molar-refractivity contribution < 1.29 is 28.6 Å². The van der Waals surface area contributed by atoms with Crippen LogP contribution in [-0.4, -0.2) is 37.2 Å². The number of carbonyl (C=O) groups is 3. The van der Waals surface area contributed by atoms with Crippen LogP contribution in [0.4, 0.5) is 0 Å². The van der Waals surface area contributed by atoms with Crippen LogP contribution in [0.15, 0.2) is 24.3 Å². The SMILES string of the molecule is CC/C=C\CCCCCCCC(=O)OCC(COC(=O)CCCCCCCCCCCCCCC)OC(=O)CCCCCCC/C=C\CC.CCCCCCC.CCCCCCC. The van der Waals surface area contributed by atoms with E-state index in [9.17, 15) is 14.4 Å². The zero-order valence-corrected chi connectivity index (χ0v) is 43.5. The number of unbranched alkanes of at least 4 members (excludes halogenated alkanes) is 30. The molecule has 63 heavy (non-hydrogen) atoms. The van der Waals surface area contributed by atoms with Gasteiger partial charge in [0.15, 0.2) is 6.10 Å². The molecule has 6 heteroatoms. The van der Waals surface area contributed by atoms with Crippen molar-refractivity contribution in [3.05, 3.63) is 24.3 Å². The van der Waals surface area contributed by atoms with Gasteiger partial charge in [0.05, 0.1) is 0 Å². The van der Waals surface area contributed by atoms with E-state index in [0.717, 1.165) is 89.9 Å². The predicted molar refractivity (Wildman–Crippen MR) is 274 cm³/mol. The summed E-state index contributed by atoms with van der Waals surface area (Å²) in [5, 5.41) is 0. The van der Waals surface area contributed by atoms with Gasteiger partial charge in [0.25, 0.3) is 0 Å². The second-order valence-corrected chi connectivity index (χ2v) is 18.0. The summed E-state index contributed by atoms with van der Waals surface area (Å²) in [5.41, 5.74) is 0. The van der Waals surface area contributed by atoms with E-state index >= 15 is 0 Å². The average molecular weight is 892 g/mol. The molecule has 0 aliphatic rings. The largest absolute Gasteiger partial charge is 0.462 e. The Morgan fingerprint density at radius 1 is 0.317 bits per heavy atom. The number of hydrogen-bond donors (Lipinski definition) is 0. The summed E-state index contributed by atoms with van der Waals surface area (Å²) in [5.74, 6) is -0.901. The first kappa shape index (κ1) is 65.2. The topological polar surface area (TPSA) is 78.9 Å². The molecule has 0 aromatic heterocycles. The molecule has 1 atom stereocenters. The molecular formula is C57H110O6. The first-order chi connectivity index (χ1) is 30.9. The summed E-state index contributed by atoms with van der Waals surface area (Å²) in [6.07, 6.45) is 54.3. The molecule has 0 spiro atoms. The van der Waals surface area contributed by atoms with E-state index in [1.54, 1.807) is 0 Å². The fraction of sp³-hybridized carbons (Fsp3) is 0.877. The Hall–Kier alpha value is -2.11. The second-order valence-electron chi connectivity index (χ2n) is 18.0. The summed E-state index contributed by atoms with van der Waals surface area (Å²) < 4.78 is 16.6. The number of rotatable bonds is 45. The Balaban J connectivity index is -0.00000219. The molecule has 0 bridgehead atoms. The predicted octanol–water partition coefficient (Wildman–Crippen LogP) is 18.8.